The van der Waals surface area contributed by atoms with E-state index >= 15 is 0 Å². The van der Waals surface area contributed by atoms with Gasteiger partial charge in [-0.25, -0.2) is 4.39 Å². The topological polar surface area (TPSA) is 0 Å². The Labute approximate surface area is 102 Å². The first-order valence-electron chi connectivity index (χ1n) is 5.98. The molecular formula is C16H17F. The molecule has 2 aromatic carbocycles. The predicted octanol–water partition coefficient (Wildman–Crippen LogP) is 4.67. The zero-order valence-electron chi connectivity index (χ0n) is 10.5. The molecular weight excluding hydrogens is 211 g/mol. The second-order valence-electron chi connectivity index (χ2n) is 4.45. The van der Waals surface area contributed by atoms with E-state index in [4.69, 9.17) is 0 Å². The van der Waals surface area contributed by atoms with Crippen LogP contribution in [0.1, 0.15) is 23.6 Å². The van der Waals surface area contributed by atoms with E-state index in [0.29, 0.717) is 0 Å². The van der Waals surface area contributed by atoms with E-state index in [1.54, 1.807) is 6.07 Å². The Hall–Kier alpha value is -1.63. The standard InChI is InChI=1S/C16H17F/c1-4-13-6-7-14(9-12(13)3)16-10-15(17)8-5-11(16)2/h5-10H,4H2,1-3H3. The minimum absolute atomic E-state index is 0.178. The van der Waals surface area contributed by atoms with Crippen LogP contribution in [-0.2, 0) is 6.42 Å². The molecule has 0 fully saturated rings. The largest absolute Gasteiger partial charge is 0.207 e. The van der Waals surface area contributed by atoms with Gasteiger partial charge in [0.05, 0.1) is 0 Å². The summed E-state index contributed by atoms with van der Waals surface area (Å²) >= 11 is 0. The lowest BCUT2D eigenvalue weighted by molar-refractivity contribution is 0.628. The van der Waals surface area contributed by atoms with Crippen molar-refractivity contribution < 1.29 is 4.39 Å². The number of benzene rings is 2. The maximum absolute atomic E-state index is 13.3. The zero-order chi connectivity index (χ0) is 12.4. The number of aryl methyl sites for hydroxylation is 3. The van der Waals surface area contributed by atoms with Crippen molar-refractivity contribution in [3.05, 3.63) is 58.9 Å². The molecule has 0 unspecified atom stereocenters. The van der Waals surface area contributed by atoms with Gasteiger partial charge in [-0.1, -0.05) is 31.2 Å². The van der Waals surface area contributed by atoms with Crippen LogP contribution in [0.2, 0.25) is 0 Å². The quantitative estimate of drug-likeness (QED) is 0.700. The van der Waals surface area contributed by atoms with E-state index in [0.717, 1.165) is 23.1 Å². The molecule has 1 heteroatoms. The molecule has 0 heterocycles. The van der Waals surface area contributed by atoms with Crippen LogP contribution in [0.25, 0.3) is 11.1 Å². The molecule has 0 saturated carbocycles. The maximum atomic E-state index is 13.3. The Morgan fingerprint density at radius 2 is 1.71 bits per heavy atom. The summed E-state index contributed by atoms with van der Waals surface area (Å²) in [5.41, 5.74) is 5.80. The number of rotatable bonds is 2. The summed E-state index contributed by atoms with van der Waals surface area (Å²) in [5.74, 6) is -0.178. The molecule has 0 N–H and O–H groups in total. The normalized spacial score (nSPS) is 10.6. The van der Waals surface area contributed by atoms with E-state index in [1.165, 1.54) is 17.2 Å². The molecule has 0 bridgehead atoms. The van der Waals surface area contributed by atoms with Gasteiger partial charge < -0.3 is 0 Å². The smallest absolute Gasteiger partial charge is 0.123 e. The van der Waals surface area contributed by atoms with Crippen LogP contribution >= 0.6 is 0 Å². The van der Waals surface area contributed by atoms with Crippen LogP contribution in [-0.4, -0.2) is 0 Å². The summed E-state index contributed by atoms with van der Waals surface area (Å²) in [6.45, 7) is 6.27. The molecule has 2 aromatic rings. The molecule has 0 atom stereocenters. The van der Waals surface area contributed by atoms with Crippen molar-refractivity contribution in [2.75, 3.05) is 0 Å². The fourth-order valence-electron chi connectivity index (χ4n) is 2.17. The highest BCUT2D eigenvalue weighted by Crippen LogP contribution is 2.26. The molecule has 17 heavy (non-hydrogen) atoms. The number of hydrogen-bond acceptors (Lipinski definition) is 0. The Balaban J connectivity index is 2.53. The van der Waals surface area contributed by atoms with Crippen molar-refractivity contribution in [3.8, 4) is 11.1 Å². The third-order valence-corrected chi connectivity index (χ3v) is 3.23. The van der Waals surface area contributed by atoms with Gasteiger partial charge >= 0.3 is 0 Å². The molecule has 0 nitrogen and oxygen atoms in total. The first kappa shape index (κ1) is 11.8. The van der Waals surface area contributed by atoms with Crippen LogP contribution in [0.4, 0.5) is 4.39 Å². The van der Waals surface area contributed by atoms with E-state index in [-0.39, 0.29) is 5.82 Å². The van der Waals surface area contributed by atoms with Crippen molar-refractivity contribution >= 4 is 0 Å². The van der Waals surface area contributed by atoms with Crippen molar-refractivity contribution in [1.29, 1.82) is 0 Å². The van der Waals surface area contributed by atoms with Crippen LogP contribution in [0.3, 0.4) is 0 Å². The molecule has 0 aliphatic rings. The lowest BCUT2D eigenvalue weighted by Crippen LogP contribution is -1.90. The van der Waals surface area contributed by atoms with Crippen LogP contribution in [0.15, 0.2) is 36.4 Å². The number of halogens is 1. The van der Waals surface area contributed by atoms with Crippen molar-refractivity contribution in [1.82, 2.24) is 0 Å². The Morgan fingerprint density at radius 1 is 0.941 bits per heavy atom. The lowest BCUT2D eigenvalue weighted by Gasteiger charge is -2.09. The fraction of sp³-hybridized carbons (Fsp3) is 0.250. The molecule has 0 aromatic heterocycles. The summed E-state index contributed by atoms with van der Waals surface area (Å²) in [4.78, 5) is 0. The fourth-order valence-corrected chi connectivity index (χ4v) is 2.17. The van der Waals surface area contributed by atoms with Gasteiger partial charge in [-0.2, -0.15) is 0 Å². The van der Waals surface area contributed by atoms with Gasteiger partial charge in [-0.3, -0.25) is 0 Å². The molecule has 88 valence electrons. The summed E-state index contributed by atoms with van der Waals surface area (Å²) in [5, 5.41) is 0. The minimum atomic E-state index is -0.178. The monoisotopic (exact) mass is 228 g/mol. The van der Waals surface area contributed by atoms with Gasteiger partial charge in [0.2, 0.25) is 0 Å². The lowest BCUT2D eigenvalue weighted by atomic mass is 9.96. The SMILES string of the molecule is CCc1ccc(-c2cc(F)ccc2C)cc1C. The average molecular weight is 228 g/mol. The molecule has 2 rings (SSSR count). The van der Waals surface area contributed by atoms with E-state index in [9.17, 15) is 4.39 Å². The van der Waals surface area contributed by atoms with Crippen molar-refractivity contribution in [2.24, 2.45) is 0 Å². The van der Waals surface area contributed by atoms with Crippen LogP contribution in [0.5, 0.6) is 0 Å². The van der Waals surface area contributed by atoms with Gasteiger partial charge in [0, 0.05) is 0 Å². The first-order chi connectivity index (χ1) is 8.11. The highest BCUT2D eigenvalue weighted by atomic mass is 19.1. The summed E-state index contributed by atoms with van der Waals surface area (Å²) < 4.78 is 13.3. The Kier molecular flexibility index (Phi) is 3.28. The molecule has 0 aliphatic carbocycles. The third-order valence-electron chi connectivity index (χ3n) is 3.23. The van der Waals surface area contributed by atoms with E-state index < -0.39 is 0 Å². The molecule has 0 radical (unpaired) electrons. The predicted molar refractivity (Wildman–Crippen MR) is 70.7 cm³/mol. The van der Waals surface area contributed by atoms with Crippen LogP contribution < -0.4 is 0 Å². The molecule has 0 saturated heterocycles. The van der Waals surface area contributed by atoms with E-state index in [1.807, 2.05) is 13.0 Å². The second-order valence-corrected chi connectivity index (χ2v) is 4.45. The van der Waals surface area contributed by atoms with E-state index in [2.05, 4.69) is 32.0 Å². The molecule has 0 spiro atoms. The van der Waals surface area contributed by atoms with Gasteiger partial charge in [-0.05, 0) is 60.2 Å². The first-order valence-corrected chi connectivity index (χ1v) is 5.98. The Morgan fingerprint density at radius 3 is 2.35 bits per heavy atom. The zero-order valence-corrected chi connectivity index (χ0v) is 10.5. The number of hydrogen-bond donors (Lipinski definition) is 0. The minimum Gasteiger partial charge on any atom is -0.207 e. The van der Waals surface area contributed by atoms with Gasteiger partial charge in [-0.15, -0.1) is 0 Å². The Bertz CT molecular complexity index is 541. The average Bonchev–Trinajstić information content (AvgIpc) is 2.32. The third kappa shape index (κ3) is 2.38. The summed E-state index contributed by atoms with van der Waals surface area (Å²) in [7, 11) is 0. The van der Waals surface area contributed by atoms with Crippen LogP contribution in [0, 0.1) is 19.7 Å². The maximum Gasteiger partial charge on any atom is 0.123 e. The van der Waals surface area contributed by atoms with Gasteiger partial charge in [0.1, 0.15) is 5.82 Å². The summed E-state index contributed by atoms with van der Waals surface area (Å²) in [6.07, 6.45) is 1.04. The van der Waals surface area contributed by atoms with Crippen molar-refractivity contribution in [3.63, 3.8) is 0 Å². The van der Waals surface area contributed by atoms with Crippen molar-refractivity contribution in [2.45, 2.75) is 27.2 Å². The second kappa shape index (κ2) is 4.70. The van der Waals surface area contributed by atoms with Gasteiger partial charge in [0.15, 0.2) is 0 Å². The summed E-state index contributed by atoms with van der Waals surface area (Å²) in [6, 6.07) is 11.3. The molecule has 0 aliphatic heterocycles. The van der Waals surface area contributed by atoms with Gasteiger partial charge in [0.25, 0.3) is 0 Å². The highest BCUT2D eigenvalue weighted by molar-refractivity contribution is 5.68. The molecule has 0 amide bonds. The highest BCUT2D eigenvalue weighted by Gasteiger charge is 2.05.